The van der Waals surface area contributed by atoms with Gasteiger partial charge < -0.3 is 23.2 Å². The van der Waals surface area contributed by atoms with Gasteiger partial charge in [0.2, 0.25) is 0 Å². The highest BCUT2D eigenvalue weighted by molar-refractivity contribution is 7.40. The Morgan fingerprint density at radius 1 is 0.963 bits per heavy atom. The minimum Gasteiger partial charge on any atom is -0.374 e. The average molecular weight is 401 g/mol. The summed E-state index contributed by atoms with van der Waals surface area (Å²) in [6.07, 6.45) is 6.75. The van der Waals surface area contributed by atoms with Crippen molar-refractivity contribution in [2.24, 2.45) is 0 Å². The molecule has 1 N–H and O–H groups in total. The Balaban J connectivity index is 2.15. The molecule has 0 amide bonds. The molecule has 27 heavy (non-hydrogen) atoms. The summed E-state index contributed by atoms with van der Waals surface area (Å²) in [5, 5.41) is 0. The third-order valence-corrected chi connectivity index (χ3v) is 5.10. The van der Waals surface area contributed by atoms with E-state index in [0.717, 1.165) is 36.7 Å². The molecule has 0 radical (unpaired) electrons. The molecule has 0 saturated heterocycles. The number of quaternary nitrogens is 1. The molecule has 0 bridgehead atoms. The second-order valence-corrected chi connectivity index (χ2v) is 8.97. The molecule has 2 unspecified atom stereocenters. The molecule has 1 aromatic carbocycles. The largest absolute Gasteiger partial charge is 0.374 e. The van der Waals surface area contributed by atoms with Crippen molar-refractivity contribution in [2.45, 2.75) is 58.2 Å². The topological polar surface area (TPSA) is 47.9 Å². The molecule has 0 aromatic heterocycles. The van der Waals surface area contributed by atoms with Crippen LogP contribution in [0.1, 0.15) is 51.0 Å². The molecule has 0 aliphatic rings. The van der Waals surface area contributed by atoms with Crippen LogP contribution >= 0.6 is 8.60 Å². The lowest BCUT2D eigenvalue weighted by Crippen LogP contribution is -2.37. The molecule has 0 heterocycles. The molecule has 1 rings (SSSR count). The zero-order valence-electron chi connectivity index (χ0n) is 17.6. The first kappa shape index (κ1) is 24.5. The van der Waals surface area contributed by atoms with Crippen LogP contribution in [0.25, 0.3) is 0 Å². The predicted octanol–water partition coefficient (Wildman–Crippen LogP) is 4.89. The first-order valence-corrected chi connectivity index (χ1v) is 11.2. The van der Waals surface area contributed by atoms with E-state index < -0.39 is 8.60 Å². The number of hydrogen-bond acceptors (Lipinski definition) is 4. The monoisotopic (exact) mass is 400 g/mol. The van der Waals surface area contributed by atoms with Crippen LogP contribution in [0.15, 0.2) is 30.3 Å². The molecule has 1 aromatic rings. The summed E-state index contributed by atoms with van der Waals surface area (Å²) in [6, 6.07) is 10.3. The molecule has 0 spiro atoms. The van der Waals surface area contributed by atoms with Gasteiger partial charge in [-0.05, 0) is 31.2 Å². The van der Waals surface area contributed by atoms with E-state index >= 15 is 0 Å². The number of rotatable bonds is 16. The van der Waals surface area contributed by atoms with Crippen LogP contribution in [-0.2, 0) is 20.4 Å². The first-order valence-electron chi connectivity index (χ1n) is 10.1. The lowest BCUT2D eigenvalue weighted by Gasteiger charge is -2.23. The number of likely N-dealkylation sites (N-methyl/N-ethyl adjacent to an activating group) is 1. The van der Waals surface area contributed by atoms with E-state index in [1.54, 1.807) is 0 Å². The summed E-state index contributed by atoms with van der Waals surface area (Å²) in [6.45, 7) is 4.78. The number of hydrogen-bond donors (Lipinski definition) is 1. The van der Waals surface area contributed by atoms with Gasteiger partial charge in [0.05, 0.1) is 40.5 Å². The zero-order valence-corrected chi connectivity index (χ0v) is 18.5. The van der Waals surface area contributed by atoms with E-state index in [2.05, 4.69) is 40.2 Å². The Kier molecular flexibility index (Phi) is 13.1. The predicted molar refractivity (Wildman–Crippen MR) is 112 cm³/mol. The summed E-state index contributed by atoms with van der Waals surface area (Å²) in [5.74, 6) is 0. The SMILES string of the molecule is CCCCC(CCCCOP(O)OCC[N+](C)(C)C)OCc1ccccc1. The fourth-order valence-corrected chi connectivity index (χ4v) is 3.18. The molecule has 0 aliphatic carbocycles. The van der Waals surface area contributed by atoms with Crippen LogP contribution < -0.4 is 0 Å². The van der Waals surface area contributed by atoms with E-state index in [0.29, 0.717) is 25.9 Å². The van der Waals surface area contributed by atoms with E-state index in [9.17, 15) is 4.89 Å². The maximum absolute atomic E-state index is 9.77. The summed E-state index contributed by atoms with van der Waals surface area (Å²) >= 11 is 0. The van der Waals surface area contributed by atoms with Crippen molar-refractivity contribution in [1.82, 2.24) is 0 Å². The molecule has 6 heteroatoms. The van der Waals surface area contributed by atoms with Crippen molar-refractivity contribution in [3.05, 3.63) is 35.9 Å². The van der Waals surface area contributed by atoms with Crippen molar-refractivity contribution >= 4 is 8.60 Å². The minimum absolute atomic E-state index is 0.293. The third-order valence-electron chi connectivity index (χ3n) is 4.29. The van der Waals surface area contributed by atoms with Crippen molar-refractivity contribution in [3.8, 4) is 0 Å². The summed E-state index contributed by atoms with van der Waals surface area (Å²) in [5.41, 5.74) is 1.22. The zero-order chi connectivity index (χ0) is 20.0. The smallest absolute Gasteiger partial charge is 0.330 e. The molecule has 2 atom stereocenters. The Hall–Kier alpha value is -0.550. The second kappa shape index (κ2) is 14.4. The van der Waals surface area contributed by atoms with E-state index in [1.807, 2.05) is 18.2 Å². The number of nitrogens with zero attached hydrogens (tertiary/aromatic N) is 1. The highest BCUT2D eigenvalue weighted by Crippen LogP contribution is 2.32. The lowest BCUT2D eigenvalue weighted by molar-refractivity contribution is -0.870. The molecule has 0 aliphatic heterocycles. The maximum atomic E-state index is 9.77. The molecule has 0 fully saturated rings. The fraction of sp³-hybridized carbons (Fsp3) is 0.714. The van der Waals surface area contributed by atoms with Gasteiger partial charge in [0.1, 0.15) is 13.2 Å². The number of ether oxygens (including phenoxy) is 1. The summed E-state index contributed by atoms with van der Waals surface area (Å²) < 4.78 is 17.7. The van der Waals surface area contributed by atoms with Gasteiger partial charge >= 0.3 is 8.60 Å². The normalized spacial score (nSPS) is 14.3. The molecule has 156 valence electrons. The van der Waals surface area contributed by atoms with Crippen molar-refractivity contribution in [1.29, 1.82) is 0 Å². The molecule has 5 nitrogen and oxygen atoms in total. The molecular formula is C21H39NO4P+. The van der Waals surface area contributed by atoms with Gasteiger partial charge in [-0.1, -0.05) is 50.1 Å². The Labute approximate surface area is 167 Å². The van der Waals surface area contributed by atoms with Gasteiger partial charge in [-0.2, -0.15) is 0 Å². The van der Waals surface area contributed by atoms with Crippen LogP contribution in [0, 0.1) is 0 Å². The third kappa shape index (κ3) is 14.1. The van der Waals surface area contributed by atoms with Gasteiger partial charge in [0.25, 0.3) is 0 Å². The van der Waals surface area contributed by atoms with Gasteiger partial charge in [-0.15, -0.1) is 0 Å². The van der Waals surface area contributed by atoms with Crippen molar-refractivity contribution in [2.75, 3.05) is 40.9 Å². The van der Waals surface area contributed by atoms with E-state index in [1.165, 1.54) is 18.4 Å². The summed E-state index contributed by atoms with van der Waals surface area (Å²) in [4.78, 5) is 9.77. The quantitative estimate of drug-likeness (QED) is 0.244. The maximum Gasteiger partial charge on any atom is 0.330 e. The van der Waals surface area contributed by atoms with Gasteiger partial charge in [0.15, 0.2) is 0 Å². The fourth-order valence-electron chi connectivity index (χ4n) is 2.58. The van der Waals surface area contributed by atoms with Crippen LogP contribution in [0.4, 0.5) is 0 Å². The van der Waals surface area contributed by atoms with Crippen molar-refractivity contribution in [3.63, 3.8) is 0 Å². The Bertz CT molecular complexity index is 467. The Morgan fingerprint density at radius 2 is 1.63 bits per heavy atom. The molecule has 0 saturated carbocycles. The average Bonchev–Trinajstić information content (AvgIpc) is 2.62. The highest BCUT2D eigenvalue weighted by atomic mass is 31.2. The molecular weight excluding hydrogens is 361 g/mol. The van der Waals surface area contributed by atoms with E-state index in [-0.39, 0.29) is 0 Å². The van der Waals surface area contributed by atoms with Gasteiger partial charge in [-0.25, -0.2) is 0 Å². The van der Waals surface area contributed by atoms with Gasteiger partial charge in [0, 0.05) is 0 Å². The van der Waals surface area contributed by atoms with Crippen LogP contribution in [-0.4, -0.2) is 56.4 Å². The summed E-state index contributed by atoms with van der Waals surface area (Å²) in [7, 11) is 4.53. The van der Waals surface area contributed by atoms with Crippen LogP contribution in [0.3, 0.4) is 0 Å². The van der Waals surface area contributed by atoms with Crippen molar-refractivity contribution < 1.29 is 23.2 Å². The van der Waals surface area contributed by atoms with Crippen LogP contribution in [0.5, 0.6) is 0 Å². The minimum atomic E-state index is -1.75. The van der Waals surface area contributed by atoms with Gasteiger partial charge in [-0.3, -0.25) is 0 Å². The van der Waals surface area contributed by atoms with E-state index in [4.69, 9.17) is 13.8 Å². The number of unbranched alkanes of at least 4 members (excludes halogenated alkanes) is 2. The Morgan fingerprint density at radius 3 is 2.30 bits per heavy atom. The van der Waals surface area contributed by atoms with Crippen LogP contribution in [0.2, 0.25) is 0 Å². The number of benzene rings is 1. The highest BCUT2D eigenvalue weighted by Gasteiger charge is 2.12. The first-order chi connectivity index (χ1) is 12.9. The standard InChI is InChI=1S/C21H39NO4P/c1-5-6-14-21(24-19-20-12-8-7-9-13-20)15-10-11-17-25-27(23)26-18-16-22(2,3)4/h7-9,12-13,21,23H,5-6,10-11,14-19H2,1-4H3/q+1. The second-order valence-electron chi connectivity index (χ2n) is 7.97. The lowest BCUT2D eigenvalue weighted by atomic mass is 10.1.